The molecule has 0 aliphatic carbocycles. The van der Waals surface area contributed by atoms with E-state index in [1.165, 1.54) is 0 Å². The second kappa shape index (κ2) is 7.25. The van der Waals surface area contributed by atoms with E-state index in [2.05, 4.69) is 4.72 Å². The van der Waals surface area contributed by atoms with E-state index >= 15 is 0 Å². The summed E-state index contributed by atoms with van der Waals surface area (Å²) in [5, 5.41) is 1.45. The summed E-state index contributed by atoms with van der Waals surface area (Å²) in [6, 6.07) is 19.9. The second-order valence-corrected chi connectivity index (χ2v) is 7.48. The number of benzene rings is 3. The molecule has 130 valence electrons. The van der Waals surface area contributed by atoms with Gasteiger partial charge in [-0.15, -0.1) is 0 Å². The predicted molar refractivity (Wildman–Crippen MR) is 100 cm³/mol. The molecule has 25 heavy (non-hydrogen) atoms. The number of hydrogen-bond donors (Lipinski definition) is 1. The van der Waals surface area contributed by atoms with Gasteiger partial charge in [-0.25, -0.2) is 13.1 Å². The zero-order chi connectivity index (χ0) is 17.9. The maximum atomic E-state index is 12.9. The fourth-order valence-electron chi connectivity index (χ4n) is 2.87. The van der Waals surface area contributed by atoms with Gasteiger partial charge in [-0.1, -0.05) is 54.6 Å². The standard InChI is InChI=1S/C20H21NO3S/c1-3-24-19-13-14-20(18-12-8-7-11-17(18)19)25(22,23)21-15(2)16-9-5-4-6-10-16/h4-15,21H,3H2,1-2H3/t15-/m1/s1. The van der Waals surface area contributed by atoms with Crippen LogP contribution in [0.25, 0.3) is 10.8 Å². The van der Waals surface area contributed by atoms with Crippen molar-refractivity contribution in [2.75, 3.05) is 6.61 Å². The van der Waals surface area contributed by atoms with Crippen LogP contribution in [0.2, 0.25) is 0 Å². The number of fused-ring (bicyclic) bond motifs is 1. The number of rotatable bonds is 6. The van der Waals surface area contributed by atoms with Gasteiger partial charge in [-0.2, -0.15) is 0 Å². The lowest BCUT2D eigenvalue weighted by atomic mass is 10.1. The van der Waals surface area contributed by atoms with Gasteiger partial charge >= 0.3 is 0 Å². The van der Waals surface area contributed by atoms with Crippen molar-refractivity contribution in [1.29, 1.82) is 0 Å². The van der Waals surface area contributed by atoms with E-state index < -0.39 is 10.0 Å². The first-order valence-electron chi connectivity index (χ1n) is 8.24. The summed E-state index contributed by atoms with van der Waals surface area (Å²) >= 11 is 0. The monoisotopic (exact) mass is 355 g/mol. The molecule has 0 aliphatic rings. The summed E-state index contributed by atoms with van der Waals surface area (Å²) in [6.45, 7) is 4.27. The summed E-state index contributed by atoms with van der Waals surface area (Å²) < 4.78 is 34.3. The quantitative estimate of drug-likeness (QED) is 0.718. The molecule has 0 aliphatic heterocycles. The van der Waals surface area contributed by atoms with Crippen LogP contribution in [-0.2, 0) is 10.0 Å². The molecule has 3 rings (SSSR count). The average Bonchev–Trinajstić information content (AvgIpc) is 2.62. The normalized spacial score (nSPS) is 12.9. The van der Waals surface area contributed by atoms with Gasteiger partial charge in [0.2, 0.25) is 10.0 Å². The summed E-state index contributed by atoms with van der Waals surface area (Å²) in [7, 11) is -3.67. The molecule has 0 heterocycles. The molecule has 0 spiro atoms. The maximum absolute atomic E-state index is 12.9. The first-order valence-corrected chi connectivity index (χ1v) is 9.73. The Kier molecular flexibility index (Phi) is 5.06. The lowest BCUT2D eigenvalue weighted by Crippen LogP contribution is -2.27. The molecule has 3 aromatic carbocycles. The van der Waals surface area contributed by atoms with Gasteiger partial charge in [0.1, 0.15) is 5.75 Å². The Hall–Kier alpha value is -2.37. The Balaban J connectivity index is 2.02. The van der Waals surface area contributed by atoms with Crippen molar-refractivity contribution in [3.8, 4) is 5.75 Å². The van der Waals surface area contributed by atoms with E-state index in [-0.39, 0.29) is 10.9 Å². The van der Waals surface area contributed by atoms with Crippen molar-refractivity contribution in [3.05, 3.63) is 72.3 Å². The molecule has 0 saturated carbocycles. The first kappa shape index (κ1) is 17.5. The summed E-state index contributed by atoms with van der Waals surface area (Å²) in [5.41, 5.74) is 0.918. The smallest absolute Gasteiger partial charge is 0.241 e. The van der Waals surface area contributed by atoms with Gasteiger partial charge in [-0.05, 0) is 31.5 Å². The molecule has 0 unspecified atom stereocenters. The van der Waals surface area contributed by atoms with Crippen molar-refractivity contribution in [2.45, 2.75) is 24.8 Å². The van der Waals surface area contributed by atoms with Crippen LogP contribution in [0.5, 0.6) is 5.75 Å². The summed E-state index contributed by atoms with van der Waals surface area (Å²) in [4.78, 5) is 0.259. The molecule has 1 atom stereocenters. The van der Waals surface area contributed by atoms with Gasteiger partial charge in [-0.3, -0.25) is 0 Å². The van der Waals surface area contributed by atoms with E-state index in [4.69, 9.17) is 4.74 Å². The Morgan fingerprint density at radius 3 is 2.24 bits per heavy atom. The van der Waals surface area contributed by atoms with Gasteiger partial charge in [0.05, 0.1) is 11.5 Å². The lowest BCUT2D eigenvalue weighted by Gasteiger charge is -2.17. The largest absolute Gasteiger partial charge is 0.493 e. The number of hydrogen-bond acceptors (Lipinski definition) is 3. The highest BCUT2D eigenvalue weighted by Gasteiger charge is 2.21. The highest BCUT2D eigenvalue weighted by atomic mass is 32.2. The molecule has 0 amide bonds. The average molecular weight is 355 g/mol. The van der Waals surface area contributed by atoms with Crippen LogP contribution in [0, 0.1) is 0 Å². The molecule has 0 radical (unpaired) electrons. The molecule has 3 aromatic rings. The molecule has 4 nitrogen and oxygen atoms in total. The zero-order valence-electron chi connectivity index (χ0n) is 14.3. The number of sulfonamides is 1. The van der Waals surface area contributed by atoms with Gasteiger partial charge in [0.25, 0.3) is 0 Å². The van der Waals surface area contributed by atoms with Gasteiger partial charge in [0.15, 0.2) is 0 Å². The molecule has 0 aromatic heterocycles. The maximum Gasteiger partial charge on any atom is 0.241 e. The SMILES string of the molecule is CCOc1ccc(S(=O)(=O)N[C@H](C)c2ccccc2)c2ccccc12. The molecule has 1 N–H and O–H groups in total. The lowest BCUT2D eigenvalue weighted by molar-refractivity contribution is 0.344. The topological polar surface area (TPSA) is 55.4 Å². The molecule has 0 saturated heterocycles. The third-order valence-electron chi connectivity index (χ3n) is 4.06. The van der Waals surface area contributed by atoms with Crippen LogP contribution in [-0.4, -0.2) is 15.0 Å². The Bertz CT molecular complexity index is 969. The van der Waals surface area contributed by atoms with Crippen molar-refractivity contribution in [1.82, 2.24) is 4.72 Å². The van der Waals surface area contributed by atoms with Crippen LogP contribution < -0.4 is 9.46 Å². The summed E-state index contributed by atoms with van der Waals surface area (Å²) in [6.07, 6.45) is 0. The van der Waals surface area contributed by atoms with Crippen LogP contribution >= 0.6 is 0 Å². The highest BCUT2D eigenvalue weighted by Crippen LogP contribution is 2.31. The number of ether oxygens (including phenoxy) is 1. The van der Waals surface area contributed by atoms with Crippen LogP contribution in [0.4, 0.5) is 0 Å². The van der Waals surface area contributed by atoms with Crippen LogP contribution in [0.1, 0.15) is 25.5 Å². The third-order valence-corrected chi connectivity index (χ3v) is 5.66. The van der Waals surface area contributed by atoms with Crippen molar-refractivity contribution in [3.63, 3.8) is 0 Å². The predicted octanol–water partition coefficient (Wildman–Crippen LogP) is 4.28. The van der Waals surface area contributed by atoms with E-state index in [9.17, 15) is 8.42 Å². The minimum atomic E-state index is -3.67. The van der Waals surface area contributed by atoms with Crippen molar-refractivity contribution >= 4 is 20.8 Å². The second-order valence-electron chi connectivity index (χ2n) is 5.79. The van der Waals surface area contributed by atoms with Gasteiger partial charge < -0.3 is 4.74 Å². The van der Waals surface area contributed by atoms with Crippen LogP contribution in [0.3, 0.4) is 0 Å². The van der Waals surface area contributed by atoms with E-state index in [0.29, 0.717) is 17.7 Å². The van der Waals surface area contributed by atoms with Crippen LogP contribution in [0.15, 0.2) is 71.6 Å². The fourth-order valence-corrected chi connectivity index (χ4v) is 4.31. The molecular formula is C20H21NO3S. The molecule has 0 fully saturated rings. The Morgan fingerprint density at radius 2 is 1.56 bits per heavy atom. The van der Waals surface area contributed by atoms with E-state index in [1.54, 1.807) is 18.2 Å². The molecule has 0 bridgehead atoms. The van der Waals surface area contributed by atoms with E-state index in [1.807, 2.05) is 62.4 Å². The Labute approximate surface area is 148 Å². The molecule has 5 heteroatoms. The highest BCUT2D eigenvalue weighted by molar-refractivity contribution is 7.89. The number of nitrogens with one attached hydrogen (secondary N) is 1. The van der Waals surface area contributed by atoms with Crippen molar-refractivity contribution < 1.29 is 13.2 Å². The van der Waals surface area contributed by atoms with Gasteiger partial charge in [0, 0.05) is 16.8 Å². The first-order chi connectivity index (χ1) is 12.0. The molecular weight excluding hydrogens is 334 g/mol. The minimum absolute atomic E-state index is 0.259. The van der Waals surface area contributed by atoms with Crippen molar-refractivity contribution in [2.24, 2.45) is 0 Å². The fraction of sp³-hybridized carbons (Fsp3) is 0.200. The third kappa shape index (κ3) is 3.67. The van der Waals surface area contributed by atoms with E-state index in [0.717, 1.165) is 10.9 Å². The zero-order valence-corrected chi connectivity index (χ0v) is 15.1. The minimum Gasteiger partial charge on any atom is -0.493 e. The summed E-state index contributed by atoms with van der Waals surface area (Å²) in [5.74, 6) is 0.688. The Morgan fingerprint density at radius 1 is 0.920 bits per heavy atom.